The van der Waals surface area contributed by atoms with Gasteiger partial charge in [0.05, 0.1) is 0 Å². The van der Waals surface area contributed by atoms with E-state index < -0.39 is 11.9 Å². The van der Waals surface area contributed by atoms with E-state index in [9.17, 15) is 18.0 Å². The molecule has 1 aromatic rings. The van der Waals surface area contributed by atoms with Crippen LogP contribution in [0.25, 0.3) is 0 Å². The molecule has 0 aliphatic rings. The third-order valence-electron chi connectivity index (χ3n) is 2.07. The molecule has 0 bridgehead atoms. The van der Waals surface area contributed by atoms with Crippen LogP contribution in [0.2, 0.25) is 0 Å². The first-order valence-corrected chi connectivity index (χ1v) is 5.48. The number of amides is 1. The number of pyridine rings is 1. The molecule has 7 heteroatoms. The summed E-state index contributed by atoms with van der Waals surface area (Å²) in [4.78, 5) is 14.5. The Labute approximate surface area is 103 Å². The summed E-state index contributed by atoms with van der Waals surface area (Å²) < 4.78 is 37.1. The quantitative estimate of drug-likeness (QED) is 0.852. The van der Waals surface area contributed by atoms with Crippen molar-refractivity contribution in [2.45, 2.75) is 19.5 Å². The van der Waals surface area contributed by atoms with Gasteiger partial charge in [-0.3, -0.25) is 4.79 Å². The number of carbonyl (C=O) groups is 1. The van der Waals surface area contributed by atoms with E-state index in [0.717, 1.165) is 6.07 Å². The topological polar surface area (TPSA) is 54.0 Å². The lowest BCUT2D eigenvalue weighted by atomic mass is 10.3. The molecule has 1 amide bonds. The van der Waals surface area contributed by atoms with Crippen molar-refractivity contribution in [3.05, 3.63) is 23.9 Å². The lowest BCUT2D eigenvalue weighted by Gasteiger charge is -2.09. The number of aromatic nitrogens is 1. The number of rotatable bonds is 5. The lowest BCUT2D eigenvalue weighted by molar-refractivity contribution is -0.141. The molecular weight excluding hydrogens is 247 g/mol. The van der Waals surface area contributed by atoms with Gasteiger partial charge in [0.15, 0.2) is 0 Å². The summed E-state index contributed by atoms with van der Waals surface area (Å²) in [7, 11) is 0. The summed E-state index contributed by atoms with van der Waals surface area (Å²) in [6, 6.07) is 3.59. The van der Waals surface area contributed by atoms with E-state index >= 15 is 0 Å². The van der Waals surface area contributed by atoms with Crippen molar-refractivity contribution in [1.82, 2.24) is 10.3 Å². The van der Waals surface area contributed by atoms with E-state index in [1.54, 1.807) is 6.92 Å². The zero-order valence-corrected chi connectivity index (χ0v) is 9.84. The molecule has 0 radical (unpaired) electrons. The SMILES string of the molecule is CCNC(=O)CCNc1cccc(C(F)(F)F)n1. The molecular formula is C11H14F3N3O. The summed E-state index contributed by atoms with van der Waals surface area (Å²) in [5.74, 6) is -0.0499. The average molecular weight is 261 g/mol. The fourth-order valence-corrected chi connectivity index (χ4v) is 1.28. The third kappa shape index (κ3) is 4.60. The minimum atomic E-state index is -4.46. The Hall–Kier alpha value is -1.79. The van der Waals surface area contributed by atoms with Gasteiger partial charge in [0.1, 0.15) is 11.5 Å². The van der Waals surface area contributed by atoms with Crippen LogP contribution < -0.4 is 10.6 Å². The Morgan fingerprint density at radius 2 is 2.11 bits per heavy atom. The molecule has 4 nitrogen and oxygen atoms in total. The molecule has 0 spiro atoms. The van der Waals surface area contributed by atoms with Crippen molar-refractivity contribution in [1.29, 1.82) is 0 Å². The molecule has 0 aliphatic heterocycles. The first-order valence-electron chi connectivity index (χ1n) is 5.48. The molecule has 0 aliphatic carbocycles. The number of nitrogens with one attached hydrogen (secondary N) is 2. The van der Waals surface area contributed by atoms with Crippen LogP contribution in [0, 0.1) is 0 Å². The van der Waals surface area contributed by atoms with Gasteiger partial charge in [-0.1, -0.05) is 6.07 Å². The number of carbonyl (C=O) groups excluding carboxylic acids is 1. The number of halogens is 3. The van der Waals surface area contributed by atoms with Crippen LogP contribution in [0.1, 0.15) is 19.0 Å². The van der Waals surface area contributed by atoms with Crippen LogP contribution in [0.15, 0.2) is 18.2 Å². The molecule has 1 rings (SSSR count). The third-order valence-corrected chi connectivity index (χ3v) is 2.07. The number of anilines is 1. The maximum atomic E-state index is 12.4. The highest BCUT2D eigenvalue weighted by atomic mass is 19.4. The van der Waals surface area contributed by atoms with Crippen LogP contribution in [0.4, 0.5) is 19.0 Å². The van der Waals surface area contributed by atoms with Gasteiger partial charge in [-0.15, -0.1) is 0 Å². The van der Waals surface area contributed by atoms with Gasteiger partial charge in [0.2, 0.25) is 5.91 Å². The summed E-state index contributed by atoms with van der Waals surface area (Å²) in [6.45, 7) is 2.56. The minimum Gasteiger partial charge on any atom is -0.370 e. The Bertz CT molecular complexity index is 407. The zero-order chi connectivity index (χ0) is 13.6. The second kappa shape index (κ2) is 6.23. The monoisotopic (exact) mass is 261 g/mol. The lowest BCUT2D eigenvalue weighted by Crippen LogP contribution is -2.25. The predicted molar refractivity (Wildman–Crippen MR) is 61.0 cm³/mol. The molecule has 1 aromatic heterocycles. The van der Waals surface area contributed by atoms with Gasteiger partial charge in [-0.25, -0.2) is 4.98 Å². The summed E-state index contributed by atoms with van der Waals surface area (Å²) in [5.41, 5.74) is -0.953. The molecule has 0 saturated heterocycles. The molecule has 0 saturated carbocycles. The minimum absolute atomic E-state index is 0.106. The number of nitrogens with zero attached hydrogens (tertiary/aromatic N) is 1. The molecule has 2 N–H and O–H groups in total. The molecule has 0 atom stereocenters. The van der Waals surface area contributed by atoms with E-state index in [0.29, 0.717) is 6.54 Å². The van der Waals surface area contributed by atoms with Gasteiger partial charge < -0.3 is 10.6 Å². The normalized spacial score (nSPS) is 11.1. The van der Waals surface area contributed by atoms with Crippen molar-refractivity contribution in [3.63, 3.8) is 0 Å². The fourth-order valence-electron chi connectivity index (χ4n) is 1.28. The van der Waals surface area contributed by atoms with Gasteiger partial charge in [0.25, 0.3) is 0 Å². The van der Waals surface area contributed by atoms with Gasteiger partial charge >= 0.3 is 6.18 Å². The molecule has 0 unspecified atom stereocenters. The van der Waals surface area contributed by atoms with Crippen molar-refractivity contribution >= 4 is 11.7 Å². The fraction of sp³-hybridized carbons (Fsp3) is 0.455. The van der Waals surface area contributed by atoms with Crippen LogP contribution in [-0.2, 0) is 11.0 Å². The van der Waals surface area contributed by atoms with E-state index in [1.165, 1.54) is 12.1 Å². The van der Waals surface area contributed by atoms with Crippen molar-refractivity contribution in [2.24, 2.45) is 0 Å². The molecule has 100 valence electrons. The van der Waals surface area contributed by atoms with Crippen LogP contribution in [0.3, 0.4) is 0 Å². The highest BCUT2D eigenvalue weighted by Crippen LogP contribution is 2.27. The number of alkyl halides is 3. The molecule has 0 fully saturated rings. The van der Waals surface area contributed by atoms with Crippen LogP contribution in [-0.4, -0.2) is 24.0 Å². The van der Waals surface area contributed by atoms with E-state index in [2.05, 4.69) is 15.6 Å². The maximum Gasteiger partial charge on any atom is 0.433 e. The summed E-state index contributed by atoms with van der Waals surface area (Å²) in [5, 5.41) is 5.26. The number of hydrogen-bond donors (Lipinski definition) is 2. The average Bonchev–Trinajstić information content (AvgIpc) is 2.29. The highest BCUT2D eigenvalue weighted by molar-refractivity contribution is 5.76. The number of hydrogen-bond acceptors (Lipinski definition) is 3. The summed E-state index contributed by atoms with van der Waals surface area (Å²) >= 11 is 0. The van der Waals surface area contributed by atoms with Crippen molar-refractivity contribution < 1.29 is 18.0 Å². The first-order chi connectivity index (χ1) is 8.43. The van der Waals surface area contributed by atoms with Crippen molar-refractivity contribution in [3.8, 4) is 0 Å². The van der Waals surface area contributed by atoms with E-state index in [-0.39, 0.29) is 24.7 Å². The summed E-state index contributed by atoms with van der Waals surface area (Å²) in [6.07, 6.45) is -4.27. The highest BCUT2D eigenvalue weighted by Gasteiger charge is 2.32. The Balaban J connectivity index is 2.51. The smallest absolute Gasteiger partial charge is 0.370 e. The van der Waals surface area contributed by atoms with Crippen LogP contribution >= 0.6 is 0 Å². The van der Waals surface area contributed by atoms with Gasteiger partial charge in [-0.05, 0) is 19.1 Å². The molecule has 1 heterocycles. The zero-order valence-electron chi connectivity index (χ0n) is 9.84. The first kappa shape index (κ1) is 14.3. The standard InChI is InChI=1S/C11H14F3N3O/c1-2-15-10(18)6-7-16-9-5-3-4-8(17-9)11(12,13)14/h3-5H,2,6-7H2,1H3,(H,15,18)(H,16,17). The second-order valence-corrected chi connectivity index (χ2v) is 3.54. The Kier molecular flexibility index (Phi) is 4.94. The largest absolute Gasteiger partial charge is 0.433 e. The van der Waals surface area contributed by atoms with Gasteiger partial charge in [0, 0.05) is 19.5 Å². The Morgan fingerprint density at radius 1 is 1.39 bits per heavy atom. The van der Waals surface area contributed by atoms with Crippen molar-refractivity contribution in [2.75, 3.05) is 18.4 Å². The van der Waals surface area contributed by atoms with E-state index in [4.69, 9.17) is 0 Å². The molecule has 0 aromatic carbocycles. The maximum absolute atomic E-state index is 12.4. The molecule has 18 heavy (non-hydrogen) atoms. The Morgan fingerprint density at radius 3 is 2.72 bits per heavy atom. The van der Waals surface area contributed by atoms with Crippen LogP contribution in [0.5, 0.6) is 0 Å². The van der Waals surface area contributed by atoms with Gasteiger partial charge in [-0.2, -0.15) is 13.2 Å². The predicted octanol–water partition coefficient (Wildman–Crippen LogP) is 2.04. The van der Waals surface area contributed by atoms with E-state index in [1.807, 2.05) is 0 Å². The second-order valence-electron chi connectivity index (χ2n) is 3.54.